The molecule has 0 unspecified atom stereocenters. The maximum Gasteiger partial charge on any atom is 0.338 e. The molecule has 1 aliphatic heterocycles. The first-order valence-corrected chi connectivity index (χ1v) is 11.2. The van der Waals surface area contributed by atoms with E-state index in [9.17, 15) is 14.4 Å². The molecule has 0 radical (unpaired) electrons. The minimum absolute atomic E-state index is 0.184. The highest BCUT2D eigenvalue weighted by molar-refractivity contribution is 6.04. The first-order chi connectivity index (χ1) is 17.1. The summed E-state index contributed by atoms with van der Waals surface area (Å²) in [6.45, 7) is -0.404. The zero-order valence-corrected chi connectivity index (χ0v) is 18.8. The summed E-state index contributed by atoms with van der Waals surface area (Å²) in [5.74, 6) is -1.17. The van der Waals surface area contributed by atoms with Crippen LogP contribution in [-0.2, 0) is 22.4 Å². The maximum atomic E-state index is 13.3. The third-order valence-electron chi connectivity index (χ3n) is 5.83. The number of nitrogens with one attached hydrogen (secondary N) is 1. The van der Waals surface area contributed by atoms with Gasteiger partial charge < -0.3 is 14.5 Å². The number of ether oxygens (including phenoxy) is 1. The summed E-state index contributed by atoms with van der Waals surface area (Å²) >= 11 is 0. The van der Waals surface area contributed by atoms with Crippen LogP contribution in [0.15, 0.2) is 95.6 Å². The third kappa shape index (κ3) is 4.70. The van der Waals surface area contributed by atoms with Crippen LogP contribution in [0.4, 0.5) is 17.1 Å². The molecule has 0 saturated heterocycles. The number of amides is 2. The van der Waals surface area contributed by atoms with Crippen LogP contribution in [0.5, 0.6) is 0 Å². The van der Waals surface area contributed by atoms with Crippen molar-refractivity contribution >= 4 is 34.8 Å². The first-order valence-electron chi connectivity index (χ1n) is 11.2. The van der Waals surface area contributed by atoms with Crippen molar-refractivity contribution in [2.24, 2.45) is 0 Å². The van der Waals surface area contributed by atoms with Crippen molar-refractivity contribution in [2.45, 2.75) is 12.8 Å². The molecule has 7 heteroatoms. The third-order valence-corrected chi connectivity index (χ3v) is 5.83. The van der Waals surface area contributed by atoms with Crippen molar-refractivity contribution in [2.75, 3.05) is 16.8 Å². The van der Waals surface area contributed by atoms with Gasteiger partial charge in [0.1, 0.15) is 0 Å². The van der Waals surface area contributed by atoms with Gasteiger partial charge in [0, 0.05) is 5.69 Å². The average Bonchev–Trinajstić information content (AvgIpc) is 3.38. The van der Waals surface area contributed by atoms with Gasteiger partial charge in [0.2, 0.25) is 0 Å². The van der Waals surface area contributed by atoms with Gasteiger partial charge in [0.05, 0.1) is 23.2 Å². The van der Waals surface area contributed by atoms with Crippen LogP contribution >= 0.6 is 0 Å². The molecule has 174 valence electrons. The Bertz CT molecular complexity index is 1330. The normalized spacial score (nSPS) is 12.2. The predicted molar refractivity (Wildman–Crippen MR) is 131 cm³/mol. The smallest absolute Gasteiger partial charge is 0.338 e. The van der Waals surface area contributed by atoms with E-state index in [4.69, 9.17) is 9.15 Å². The number of furan rings is 1. The van der Waals surface area contributed by atoms with E-state index in [1.165, 1.54) is 18.4 Å². The van der Waals surface area contributed by atoms with Crippen LogP contribution < -0.4 is 10.2 Å². The minimum Gasteiger partial charge on any atom is -0.459 e. The summed E-state index contributed by atoms with van der Waals surface area (Å²) in [5.41, 5.74) is 4.50. The van der Waals surface area contributed by atoms with E-state index in [-0.39, 0.29) is 17.2 Å². The summed E-state index contributed by atoms with van der Waals surface area (Å²) in [6, 6.07) is 25.0. The van der Waals surface area contributed by atoms with Crippen LogP contribution in [0.3, 0.4) is 0 Å². The van der Waals surface area contributed by atoms with Gasteiger partial charge in [0.15, 0.2) is 12.4 Å². The Morgan fingerprint density at radius 1 is 0.800 bits per heavy atom. The highest BCUT2D eigenvalue weighted by Crippen LogP contribution is 2.36. The second-order valence-corrected chi connectivity index (χ2v) is 8.07. The molecule has 1 N–H and O–H groups in total. The molecule has 0 saturated carbocycles. The summed E-state index contributed by atoms with van der Waals surface area (Å²) in [5, 5.41) is 2.68. The molecule has 35 heavy (non-hydrogen) atoms. The van der Waals surface area contributed by atoms with E-state index in [1.54, 1.807) is 29.2 Å². The molecule has 4 aromatic rings. The molecule has 2 heterocycles. The van der Waals surface area contributed by atoms with Crippen molar-refractivity contribution in [3.05, 3.63) is 114 Å². The summed E-state index contributed by atoms with van der Waals surface area (Å²) in [4.78, 5) is 39.6. The highest BCUT2D eigenvalue weighted by Gasteiger charge is 2.26. The van der Waals surface area contributed by atoms with Crippen molar-refractivity contribution in [1.29, 1.82) is 0 Å². The number of aryl methyl sites for hydroxylation is 2. The fraction of sp³-hybridized carbons (Fsp3) is 0.107. The lowest BCUT2D eigenvalue weighted by atomic mass is 10.0. The Hall–Kier alpha value is -4.65. The molecule has 0 spiro atoms. The number of nitrogens with zero attached hydrogens (tertiary/aromatic N) is 1. The number of para-hydroxylation sites is 2. The number of anilines is 3. The number of carbonyl (C=O) groups is 3. The minimum atomic E-state index is -0.626. The van der Waals surface area contributed by atoms with Gasteiger partial charge in [-0.1, -0.05) is 36.4 Å². The van der Waals surface area contributed by atoms with E-state index < -0.39 is 18.5 Å². The zero-order valence-electron chi connectivity index (χ0n) is 18.8. The second kappa shape index (κ2) is 9.69. The van der Waals surface area contributed by atoms with Crippen LogP contribution in [-0.4, -0.2) is 24.4 Å². The molecule has 5 rings (SSSR count). The average molecular weight is 466 g/mol. The van der Waals surface area contributed by atoms with E-state index in [0.29, 0.717) is 5.69 Å². The van der Waals surface area contributed by atoms with Crippen molar-refractivity contribution in [3.8, 4) is 0 Å². The lowest BCUT2D eigenvalue weighted by Crippen LogP contribution is -2.31. The van der Waals surface area contributed by atoms with Crippen molar-refractivity contribution in [3.63, 3.8) is 0 Å². The van der Waals surface area contributed by atoms with Crippen LogP contribution in [0, 0.1) is 0 Å². The number of hydrogen-bond donors (Lipinski definition) is 1. The fourth-order valence-electron chi connectivity index (χ4n) is 4.11. The molecule has 0 aliphatic carbocycles. The summed E-state index contributed by atoms with van der Waals surface area (Å²) in [7, 11) is 0. The lowest BCUT2D eigenvalue weighted by molar-refractivity contribution is -0.120. The van der Waals surface area contributed by atoms with Crippen LogP contribution in [0.25, 0.3) is 0 Å². The fourth-order valence-corrected chi connectivity index (χ4v) is 4.11. The Balaban J connectivity index is 1.27. The van der Waals surface area contributed by atoms with Gasteiger partial charge in [-0.15, -0.1) is 0 Å². The predicted octanol–water partition coefficient (Wildman–Crippen LogP) is 5.15. The SMILES string of the molecule is O=C(OCC(=O)N1c2ccccc2CCc2ccccc21)c1ccc(NC(=O)c2ccco2)cc1. The Morgan fingerprint density at radius 2 is 1.43 bits per heavy atom. The van der Waals surface area contributed by atoms with Crippen LogP contribution in [0.2, 0.25) is 0 Å². The van der Waals surface area contributed by atoms with E-state index in [2.05, 4.69) is 5.32 Å². The van der Waals surface area contributed by atoms with E-state index in [1.807, 2.05) is 48.5 Å². The molecule has 0 fully saturated rings. The molecule has 0 atom stereocenters. The zero-order chi connectivity index (χ0) is 24.2. The molecular formula is C28H22N2O5. The number of benzene rings is 3. The molecule has 1 aromatic heterocycles. The molecular weight excluding hydrogens is 444 g/mol. The molecule has 0 bridgehead atoms. The quantitative estimate of drug-likeness (QED) is 0.411. The Morgan fingerprint density at radius 3 is 2.03 bits per heavy atom. The highest BCUT2D eigenvalue weighted by atomic mass is 16.5. The summed E-state index contributed by atoms with van der Waals surface area (Å²) < 4.78 is 10.4. The van der Waals surface area contributed by atoms with Gasteiger partial charge >= 0.3 is 5.97 Å². The lowest BCUT2D eigenvalue weighted by Gasteiger charge is -2.24. The van der Waals surface area contributed by atoms with Gasteiger partial charge in [-0.3, -0.25) is 14.5 Å². The number of carbonyl (C=O) groups excluding carboxylic acids is 3. The van der Waals surface area contributed by atoms with Crippen molar-refractivity contribution in [1.82, 2.24) is 0 Å². The maximum absolute atomic E-state index is 13.3. The summed E-state index contributed by atoms with van der Waals surface area (Å²) in [6.07, 6.45) is 3.05. The van der Waals surface area contributed by atoms with Gasteiger partial charge in [0.25, 0.3) is 11.8 Å². The Labute approximate surface area is 201 Å². The standard InChI is InChI=1S/C28H22N2O5/c31-26(30-23-8-3-1-6-19(23)11-12-20-7-2-4-9-24(20)30)18-35-28(33)21-13-15-22(16-14-21)29-27(32)25-10-5-17-34-25/h1-10,13-17H,11-12,18H2,(H,29,32). The molecule has 3 aromatic carbocycles. The number of hydrogen-bond acceptors (Lipinski definition) is 5. The van der Waals surface area contributed by atoms with E-state index >= 15 is 0 Å². The number of esters is 1. The van der Waals surface area contributed by atoms with Crippen LogP contribution in [0.1, 0.15) is 32.0 Å². The monoisotopic (exact) mass is 466 g/mol. The van der Waals surface area contributed by atoms with Gasteiger partial charge in [-0.05, 0) is 72.5 Å². The van der Waals surface area contributed by atoms with Gasteiger partial charge in [-0.2, -0.15) is 0 Å². The Kier molecular flexibility index (Phi) is 6.13. The van der Waals surface area contributed by atoms with Crippen molar-refractivity contribution < 1.29 is 23.5 Å². The van der Waals surface area contributed by atoms with E-state index in [0.717, 1.165) is 35.3 Å². The first kappa shape index (κ1) is 22.2. The number of rotatable bonds is 5. The number of fused-ring (bicyclic) bond motifs is 2. The topological polar surface area (TPSA) is 88.9 Å². The molecule has 2 amide bonds. The largest absolute Gasteiger partial charge is 0.459 e. The molecule has 1 aliphatic rings. The van der Waals surface area contributed by atoms with Gasteiger partial charge in [-0.25, -0.2) is 4.79 Å². The second-order valence-electron chi connectivity index (χ2n) is 8.07. The molecule has 7 nitrogen and oxygen atoms in total.